The second-order valence-corrected chi connectivity index (χ2v) is 7.70. The van der Waals surface area contributed by atoms with E-state index in [0.717, 1.165) is 62.1 Å². The summed E-state index contributed by atoms with van der Waals surface area (Å²) in [5.74, 6) is 2.53. The molecule has 0 spiro atoms. The van der Waals surface area contributed by atoms with Crippen molar-refractivity contribution in [1.82, 2.24) is 15.5 Å². The molecule has 1 aliphatic heterocycles. The molecule has 0 amide bonds. The predicted molar refractivity (Wildman–Crippen MR) is 138 cm³/mol. The average molecular weight is 538 g/mol. The predicted octanol–water partition coefficient (Wildman–Crippen LogP) is 4.18. The number of aliphatic imine (C=N–C) groups is 1. The minimum Gasteiger partial charge on any atom is -0.457 e. The summed E-state index contributed by atoms with van der Waals surface area (Å²) in [6.45, 7) is 6.70. The van der Waals surface area contributed by atoms with Crippen LogP contribution >= 0.6 is 24.0 Å². The fourth-order valence-corrected chi connectivity index (χ4v) is 3.57. The maximum atomic E-state index is 6.11. The van der Waals surface area contributed by atoms with Gasteiger partial charge in [0.15, 0.2) is 5.96 Å². The van der Waals surface area contributed by atoms with Crippen molar-refractivity contribution in [3.05, 3.63) is 59.7 Å². The number of aryl methyl sites for hydroxylation is 1. The van der Waals surface area contributed by atoms with Crippen molar-refractivity contribution in [3.8, 4) is 11.5 Å². The lowest BCUT2D eigenvalue weighted by molar-refractivity contribution is 0.128. The van der Waals surface area contributed by atoms with Crippen LogP contribution < -0.4 is 15.4 Å². The van der Waals surface area contributed by atoms with Crippen LogP contribution in [0.1, 0.15) is 24.0 Å². The summed E-state index contributed by atoms with van der Waals surface area (Å²) in [5.41, 5.74) is 2.31. The van der Waals surface area contributed by atoms with Crippen LogP contribution in [-0.4, -0.2) is 57.3 Å². The first-order valence-electron chi connectivity index (χ1n) is 10.7. The van der Waals surface area contributed by atoms with Crippen molar-refractivity contribution in [2.24, 2.45) is 4.99 Å². The molecule has 1 fully saturated rings. The van der Waals surface area contributed by atoms with Crippen LogP contribution in [0.2, 0.25) is 0 Å². The lowest BCUT2D eigenvalue weighted by Gasteiger charge is -2.32. The quantitative estimate of drug-likeness (QED) is 0.300. The number of nitrogens with zero attached hydrogens (tertiary/aromatic N) is 2. The second-order valence-electron chi connectivity index (χ2n) is 7.70. The number of benzene rings is 2. The van der Waals surface area contributed by atoms with Gasteiger partial charge in [-0.25, -0.2) is 0 Å². The third-order valence-corrected chi connectivity index (χ3v) is 5.43. The molecule has 170 valence electrons. The topological polar surface area (TPSA) is 58.1 Å². The number of halogens is 1. The maximum Gasteiger partial charge on any atom is 0.191 e. The molecule has 3 rings (SSSR count). The van der Waals surface area contributed by atoms with Crippen LogP contribution in [0.4, 0.5) is 0 Å². The molecule has 2 N–H and O–H groups in total. The highest BCUT2D eigenvalue weighted by Gasteiger charge is 2.19. The van der Waals surface area contributed by atoms with Gasteiger partial charge in [0.25, 0.3) is 0 Å². The largest absolute Gasteiger partial charge is 0.457 e. The van der Waals surface area contributed by atoms with Crippen molar-refractivity contribution >= 4 is 29.9 Å². The molecule has 1 heterocycles. The van der Waals surface area contributed by atoms with Crippen LogP contribution in [0.15, 0.2) is 53.5 Å². The lowest BCUT2D eigenvalue weighted by Crippen LogP contribution is -2.48. The van der Waals surface area contributed by atoms with Gasteiger partial charge in [0, 0.05) is 51.9 Å². The Kier molecular flexibility index (Phi) is 11.1. The van der Waals surface area contributed by atoms with Gasteiger partial charge >= 0.3 is 0 Å². The number of ether oxygens (including phenoxy) is 2. The van der Waals surface area contributed by atoms with Crippen LogP contribution in [0, 0.1) is 6.92 Å². The summed E-state index contributed by atoms with van der Waals surface area (Å²) in [7, 11) is 3.58. The minimum atomic E-state index is 0. The lowest BCUT2D eigenvalue weighted by atomic mass is 10.1. The fourth-order valence-electron chi connectivity index (χ4n) is 3.57. The van der Waals surface area contributed by atoms with E-state index in [2.05, 4.69) is 45.6 Å². The summed E-state index contributed by atoms with van der Waals surface area (Å²) in [6.07, 6.45) is 2.22. The monoisotopic (exact) mass is 538 g/mol. The maximum absolute atomic E-state index is 6.11. The molecule has 0 atom stereocenters. The smallest absolute Gasteiger partial charge is 0.191 e. The summed E-state index contributed by atoms with van der Waals surface area (Å²) in [6, 6.07) is 16.7. The van der Waals surface area contributed by atoms with E-state index >= 15 is 0 Å². The highest BCUT2D eigenvalue weighted by molar-refractivity contribution is 14.0. The van der Waals surface area contributed by atoms with E-state index < -0.39 is 0 Å². The van der Waals surface area contributed by atoms with Crippen LogP contribution in [-0.2, 0) is 11.3 Å². The number of nitrogens with one attached hydrogen (secondary N) is 2. The van der Waals surface area contributed by atoms with Crippen molar-refractivity contribution in [1.29, 1.82) is 0 Å². The van der Waals surface area contributed by atoms with E-state index in [1.54, 1.807) is 7.11 Å². The molecule has 2 aromatic carbocycles. The molecule has 7 heteroatoms. The SMILES string of the molecule is CN=C(NCc1ccccc1Oc1ccc(C)cc1)NC1CCN(CCOC)CC1.I. The van der Waals surface area contributed by atoms with Gasteiger partial charge < -0.3 is 25.0 Å². The molecule has 0 unspecified atom stereocenters. The Morgan fingerprint density at radius 3 is 2.48 bits per heavy atom. The summed E-state index contributed by atoms with van der Waals surface area (Å²) in [5, 5.41) is 7.01. The Balaban J connectivity index is 0.00000341. The third kappa shape index (κ3) is 8.31. The van der Waals surface area contributed by atoms with Crippen LogP contribution in [0.5, 0.6) is 11.5 Å². The number of rotatable bonds is 8. The van der Waals surface area contributed by atoms with Crippen LogP contribution in [0.25, 0.3) is 0 Å². The van der Waals surface area contributed by atoms with E-state index in [9.17, 15) is 0 Å². The highest BCUT2D eigenvalue weighted by Crippen LogP contribution is 2.25. The molecular weight excluding hydrogens is 503 g/mol. The molecular formula is C24H35IN4O2. The normalized spacial score (nSPS) is 15.3. The first-order valence-corrected chi connectivity index (χ1v) is 10.7. The molecule has 0 aromatic heterocycles. The minimum absolute atomic E-state index is 0. The molecule has 2 aromatic rings. The molecule has 0 radical (unpaired) electrons. The number of hydrogen-bond donors (Lipinski definition) is 2. The summed E-state index contributed by atoms with van der Waals surface area (Å²) in [4.78, 5) is 6.86. The zero-order chi connectivity index (χ0) is 21.2. The fraction of sp³-hybridized carbons (Fsp3) is 0.458. The zero-order valence-corrected chi connectivity index (χ0v) is 21.1. The number of piperidine rings is 1. The molecule has 1 aliphatic rings. The highest BCUT2D eigenvalue weighted by atomic mass is 127. The number of guanidine groups is 1. The molecule has 0 aliphatic carbocycles. The van der Waals surface area contributed by atoms with Gasteiger partial charge in [-0.15, -0.1) is 24.0 Å². The summed E-state index contributed by atoms with van der Waals surface area (Å²) < 4.78 is 11.3. The summed E-state index contributed by atoms with van der Waals surface area (Å²) >= 11 is 0. The Hall–Kier alpha value is -1.84. The standard InChI is InChI=1S/C24H34N4O2.HI/c1-19-8-10-22(11-9-19)30-23-7-5-4-6-20(23)18-26-24(25-2)27-21-12-14-28(15-13-21)16-17-29-3;/h4-11,21H,12-18H2,1-3H3,(H2,25,26,27);1H. The average Bonchev–Trinajstić information content (AvgIpc) is 2.78. The number of para-hydroxylation sites is 1. The van der Waals surface area contributed by atoms with Crippen LogP contribution in [0.3, 0.4) is 0 Å². The Labute approximate surface area is 203 Å². The zero-order valence-electron chi connectivity index (χ0n) is 18.8. The molecule has 1 saturated heterocycles. The van der Waals surface area contributed by atoms with E-state index in [1.165, 1.54) is 5.56 Å². The number of methoxy groups -OCH3 is 1. The van der Waals surface area contributed by atoms with Gasteiger partial charge in [0.05, 0.1) is 6.61 Å². The van der Waals surface area contributed by atoms with Gasteiger partial charge in [-0.1, -0.05) is 35.9 Å². The van der Waals surface area contributed by atoms with E-state index in [1.807, 2.05) is 37.4 Å². The van der Waals surface area contributed by atoms with Crippen molar-refractivity contribution in [2.75, 3.05) is 40.4 Å². The first kappa shape index (κ1) is 25.4. The van der Waals surface area contributed by atoms with Crippen molar-refractivity contribution in [2.45, 2.75) is 32.4 Å². The van der Waals surface area contributed by atoms with E-state index in [4.69, 9.17) is 9.47 Å². The van der Waals surface area contributed by atoms with Gasteiger partial charge in [-0.05, 0) is 38.0 Å². The third-order valence-electron chi connectivity index (χ3n) is 5.43. The Bertz CT molecular complexity index is 805. The molecule has 31 heavy (non-hydrogen) atoms. The number of likely N-dealkylation sites (tertiary alicyclic amines) is 1. The van der Waals surface area contributed by atoms with Crippen molar-refractivity contribution in [3.63, 3.8) is 0 Å². The molecule has 0 bridgehead atoms. The van der Waals surface area contributed by atoms with Gasteiger partial charge in [0.1, 0.15) is 11.5 Å². The molecule has 6 nitrogen and oxygen atoms in total. The van der Waals surface area contributed by atoms with Gasteiger partial charge in [0.2, 0.25) is 0 Å². The second kappa shape index (κ2) is 13.5. The van der Waals surface area contributed by atoms with Gasteiger partial charge in [-0.2, -0.15) is 0 Å². The van der Waals surface area contributed by atoms with E-state index in [-0.39, 0.29) is 24.0 Å². The van der Waals surface area contributed by atoms with E-state index in [0.29, 0.717) is 12.6 Å². The Morgan fingerprint density at radius 1 is 1.10 bits per heavy atom. The number of hydrogen-bond acceptors (Lipinski definition) is 4. The van der Waals surface area contributed by atoms with Crippen molar-refractivity contribution < 1.29 is 9.47 Å². The van der Waals surface area contributed by atoms with Gasteiger partial charge in [-0.3, -0.25) is 4.99 Å². The molecule has 0 saturated carbocycles. The first-order chi connectivity index (χ1) is 14.7. The Morgan fingerprint density at radius 2 is 1.81 bits per heavy atom.